The first-order valence-electron chi connectivity index (χ1n) is 7.90. The maximum absolute atomic E-state index is 12.2. The van der Waals surface area contributed by atoms with E-state index in [-0.39, 0.29) is 12.2 Å². The molecule has 3 aromatic rings. The molecule has 5 heteroatoms. The Kier molecular flexibility index (Phi) is 4.73. The summed E-state index contributed by atoms with van der Waals surface area (Å²) in [7, 11) is 0. The summed E-state index contributed by atoms with van der Waals surface area (Å²) >= 11 is 0. The molecule has 0 bridgehead atoms. The van der Waals surface area contributed by atoms with E-state index in [0.29, 0.717) is 29.1 Å². The van der Waals surface area contributed by atoms with Crippen molar-refractivity contribution >= 4 is 0 Å². The number of benzene rings is 2. The third-order valence-electron chi connectivity index (χ3n) is 4.06. The number of nitrogens with zero attached hydrogens (tertiary/aromatic N) is 2. The van der Waals surface area contributed by atoms with Gasteiger partial charge in [0, 0.05) is 12.0 Å². The van der Waals surface area contributed by atoms with E-state index in [1.54, 1.807) is 13.0 Å². The number of hydrogen-bond acceptors (Lipinski definition) is 4. The molecule has 1 heterocycles. The molecule has 124 valence electrons. The van der Waals surface area contributed by atoms with Gasteiger partial charge in [0.05, 0.1) is 23.9 Å². The highest BCUT2D eigenvalue weighted by Gasteiger charge is 2.11. The van der Waals surface area contributed by atoms with Gasteiger partial charge in [-0.3, -0.25) is 4.79 Å². The van der Waals surface area contributed by atoms with Crippen LogP contribution in [-0.4, -0.2) is 15.1 Å². The standard InChI is InChI=1S/C20H17N3O2/c1-13-22-19(12-24)18(20(25)23-13)10-14-6-8-15(9-7-14)17-5-3-2-4-16(17)11-21/h2-9,24H,10,12H2,1H3,(H,22,23,25). The molecule has 0 radical (unpaired) electrons. The molecular weight excluding hydrogens is 314 g/mol. The zero-order valence-electron chi connectivity index (χ0n) is 13.8. The Labute approximate surface area is 145 Å². The molecule has 3 rings (SSSR count). The lowest BCUT2D eigenvalue weighted by Gasteiger charge is -2.08. The maximum Gasteiger partial charge on any atom is 0.254 e. The number of aliphatic hydroxyl groups is 1. The number of nitriles is 1. The molecule has 5 nitrogen and oxygen atoms in total. The highest BCUT2D eigenvalue weighted by molar-refractivity contribution is 5.70. The van der Waals surface area contributed by atoms with Crippen molar-refractivity contribution in [2.75, 3.05) is 0 Å². The van der Waals surface area contributed by atoms with Gasteiger partial charge in [0.1, 0.15) is 5.82 Å². The minimum atomic E-state index is -0.270. The molecule has 0 saturated heterocycles. The fourth-order valence-corrected chi connectivity index (χ4v) is 2.82. The monoisotopic (exact) mass is 331 g/mol. The molecule has 2 N–H and O–H groups in total. The second-order valence-electron chi connectivity index (χ2n) is 5.77. The first kappa shape index (κ1) is 16.6. The molecule has 25 heavy (non-hydrogen) atoms. The van der Waals surface area contributed by atoms with Crippen molar-refractivity contribution in [1.29, 1.82) is 5.26 Å². The Hall–Kier alpha value is -3.23. The van der Waals surface area contributed by atoms with Gasteiger partial charge in [0.15, 0.2) is 0 Å². The van der Waals surface area contributed by atoms with E-state index in [1.165, 1.54) is 0 Å². The molecule has 0 saturated carbocycles. The van der Waals surface area contributed by atoms with Crippen LogP contribution in [0.1, 0.15) is 28.2 Å². The summed E-state index contributed by atoms with van der Waals surface area (Å²) in [6, 6.07) is 17.3. The highest BCUT2D eigenvalue weighted by Crippen LogP contribution is 2.24. The van der Waals surface area contributed by atoms with Gasteiger partial charge in [-0.25, -0.2) is 4.98 Å². The second-order valence-corrected chi connectivity index (χ2v) is 5.77. The van der Waals surface area contributed by atoms with Crippen molar-refractivity contribution in [1.82, 2.24) is 9.97 Å². The number of aryl methyl sites for hydroxylation is 1. The molecule has 2 aromatic carbocycles. The van der Waals surface area contributed by atoms with Crippen LogP contribution in [0.25, 0.3) is 11.1 Å². The second kappa shape index (κ2) is 7.12. The number of aliphatic hydroxyl groups excluding tert-OH is 1. The van der Waals surface area contributed by atoms with E-state index in [2.05, 4.69) is 16.0 Å². The minimum absolute atomic E-state index is 0.226. The quantitative estimate of drug-likeness (QED) is 0.769. The fraction of sp³-hybridized carbons (Fsp3) is 0.150. The Balaban J connectivity index is 1.92. The van der Waals surface area contributed by atoms with Gasteiger partial charge in [-0.05, 0) is 29.7 Å². The summed E-state index contributed by atoms with van der Waals surface area (Å²) in [5.41, 5.74) is 4.02. The van der Waals surface area contributed by atoms with E-state index in [1.807, 2.05) is 42.5 Å². The van der Waals surface area contributed by atoms with Crippen LogP contribution in [0.5, 0.6) is 0 Å². The van der Waals surface area contributed by atoms with Gasteiger partial charge < -0.3 is 10.1 Å². The summed E-state index contributed by atoms with van der Waals surface area (Å²) in [4.78, 5) is 19.0. The Bertz CT molecular complexity index is 999. The normalized spacial score (nSPS) is 10.4. The Morgan fingerprint density at radius 2 is 1.88 bits per heavy atom. The fourth-order valence-electron chi connectivity index (χ4n) is 2.82. The third-order valence-corrected chi connectivity index (χ3v) is 4.06. The summed E-state index contributed by atoms with van der Waals surface area (Å²) in [5.74, 6) is 0.487. The number of aromatic amines is 1. The van der Waals surface area contributed by atoms with Gasteiger partial charge in [0.2, 0.25) is 0 Å². The van der Waals surface area contributed by atoms with Crippen molar-refractivity contribution in [3.8, 4) is 17.2 Å². The lowest BCUT2D eigenvalue weighted by Crippen LogP contribution is -2.19. The van der Waals surface area contributed by atoms with Crippen LogP contribution in [-0.2, 0) is 13.0 Å². The van der Waals surface area contributed by atoms with Gasteiger partial charge in [-0.1, -0.05) is 42.5 Å². The number of rotatable bonds is 4. The average Bonchev–Trinajstić information content (AvgIpc) is 2.64. The molecule has 1 aromatic heterocycles. The van der Waals surface area contributed by atoms with E-state index >= 15 is 0 Å². The predicted molar refractivity (Wildman–Crippen MR) is 94.9 cm³/mol. The van der Waals surface area contributed by atoms with Crippen molar-refractivity contribution in [3.63, 3.8) is 0 Å². The van der Waals surface area contributed by atoms with Crippen LogP contribution in [0.2, 0.25) is 0 Å². The van der Waals surface area contributed by atoms with Crippen LogP contribution in [0.4, 0.5) is 0 Å². The maximum atomic E-state index is 12.2. The number of hydrogen-bond donors (Lipinski definition) is 2. The van der Waals surface area contributed by atoms with Crippen LogP contribution in [0.15, 0.2) is 53.3 Å². The molecule has 0 aliphatic rings. The molecule has 0 fully saturated rings. The topological polar surface area (TPSA) is 89.8 Å². The largest absolute Gasteiger partial charge is 0.390 e. The van der Waals surface area contributed by atoms with Crippen LogP contribution in [0.3, 0.4) is 0 Å². The third kappa shape index (κ3) is 3.49. The van der Waals surface area contributed by atoms with E-state index in [9.17, 15) is 15.2 Å². The van der Waals surface area contributed by atoms with Crippen molar-refractivity contribution in [2.45, 2.75) is 20.0 Å². The smallest absolute Gasteiger partial charge is 0.254 e. The summed E-state index contributed by atoms with van der Waals surface area (Å²) in [6.45, 7) is 1.42. The molecule has 0 aliphatic heterocycles. The van der Waals surface area contributed by atoms with Crippen LogP contribution >= 0.6 is 0 Å². The minimum Gasteiger partial charge on any atom is -0.390 e. The number of nitrogens with one attached hydrogen (secondary N) is 1. The predicted octanol–water partition coefficient (Wildman–Crippen LogP) is 2.70. The highest BCUT2D eigenvalue weighted by atomic mass is 16.3. The number of H-pyrrole nitrogens is 1. The van der Waals surface area contributed by atoms with Crippen LogP contribution in [0, 0.1) is 18.3 Å². The summed E-state index contributed by atoms with van der Waals surface area (Å²) < 4.78 is 0. The van der Waals surface area contributed by atoms with Gasteiger partial charge in [-0.15, -0.1) is 0 Å². The van der Waals surface area contributed by atoms with Crippen LogP contribution < -0.4 is 5.56 Å². The zero-order valence-corrected chi connectivity index (χ0v) is 13.8. The lowest BCUT2D eigenvalue weighted by molar-refractivity contribution is 0.275. The van der Waals surface area contributed by atoms with Crippen molar-refractivity contribution < 1.29 is 5.11 Å². The first-order chi connectivity index (χ1) is 12.1. The van der Waals surface area contributed by atoms with E-state index < -0.39 is 0 Å². The SMILES string of the molecule is Cc1nc(CO)c(Cc2ccc(-c3ccccc3C#N)cc2)c(=O)[nH]1. The Morgan fingerprint density at radius 1 is 1.16 bits per heavy atom. The van der Waals surface area contributed by atoms with Gasteiger partial charge in [0.25, 0.3) is 5.56 Å². The van der Waals surface area contributed by atoms with Gasteiger partial charge in [-0.2, -0.15) is 5.26 Å². The van der Waals surface area contributed by atoms with E-state index in [0.717, 1.165) is 16.7 Å². The number of aromatic nitrogens is 2. The van der Waals surface area contributed by atoms with Crippen molar-refractivity contribution in [2.24, 2.45) is 0 Å². The summed E-state index contributed by atoms with van der Waals surface area (Å²) in [5, 5.41) is 18.7. The lowest BCUT2D eigenvalue weighted by atomic mass is 9.97. The molecular formula is C20H17N3O2. The van der Waals surface area contributed by atoms with E-state index in [4.69, 9.17) is 0 Å². The molecule has 0 unspecified atom stereocenters. The zero-order chi connectivity index (χ0) is 17.8. The average molecular weight is 331 g/mol. The Morgan fingerprint density at radius 3 is 2.56 bits per heavy atom. The molecule has 0 aliphatic carbocycles. The molecule has 0 spiro atoms. The molecule has 0 amide bonds. The summed E-state index contributed by atoms with van der Waals surface area (Å²) in [6.07, 6.45) is 0.388. The van der Waals surface area contributed by atoms with Gasteiger partial charge >= 0.3 is 0 Å². The van der Waals surface area contributed by atoms with Crippen molar-refractivity contribution in [3.05, 3.63) is 87.1 Å². The first-order valence-corrected chi connectivity index (χ1v) is 7.90. The molecule has 0 atom stereocenters.